The zero-order valence-electron chi connectivity index (χ0n) is 10.2. The first-order valence-corrected chi connectivity index (χ1v) is 5.48. The highest BCUT2D eigenvalue weighted by atomic mass is 16.1. The topological polar surface area (TPSA) is 30.0 Å². The van der Waals surface area contributed by atoms with E-state index in [4.69, 9.17) is 0 Å². The van der Waals surface area contributed by atoms with Crippen molar-refractivity contribution < 1.29 is 4.79 Å². The normalized spacial score (nSPS) is 10.8. The molecule has 1 aromatic heterocycles. The smallest absolute Gasteiger partial charge is 0.164 e. The molecular weight excluding hydrogens is 186 g/mol. The molecule has 0 amide bonds. The van der Waals surface area contributed by atoms with Crippen LogP contribution in [0.5, 0.6) is 0 Å². The van der Waals surface area contributed by atoms with Gasteiger partial charge in [0, 0.05) is 17.7 Å². The van der Waals surface area contributed by atoms with Gasteiger partial charge in [0.25, 0.3) is 0 Å². The average Bonchev–Trinajstić information content (AvgIpc) is 2.15. The lowest BCUT2D eigenvalue weighted by Crippen LogP contribution is -2.10. The molecule has 0 atom stereocenters. The Kier molecular flexibility index (Phi) is 3.61. The summed E-state index contributed by atoms with van der Waals surface area (Å²) < 4.78 is 0. The largest absolute Gasteiger partial charge is 0.294 e. The maximum atomic E-state index is 11.8. The number of rotatable bonds is 3. The van der Waals surface area contributed by atoms with E-state index in [9.17, 15) is 4.79 Å². The van der Waals surface area contributed by atoms with Crippen molar-refractivity contribution in [2.24, 2.45) is 0 Å². The van der Waals surface area contributed by atoms with Crippen molar-refractivity contribution >= 4 is 5.78 Å². The number of carbonyl (C=O) groups is 1. The van der Waals surface area contributed by atoms with Crippen LogP contribution in [-0.4, -0.2) is 10.8 Å². The SMILES string of the molecule is CCC(=O)c1c(C)cc(C)nc1C(C)C. The minimum Gasteiger partial charge on any atom is -0.294 e. The van der Waals surface area contributed by atoms with Gasteiger partial charge in [0.2, 0.25) is 0 Å². The Bertz CT molecular complexity index is 380. The fraction of sp³-hybridized carbons (Fsp3) is 0.538. The summed E-state index contributed by atoms with van der Waals surface area (Å²) in [6.07, 6.45) is 0.547. The maximum absolute atomic E-state index is 11.8. The van der Waals surface area contributed by atoms with E-state index in [1.807, 2.05) is 26.8 Å². The zero-order valence-corrected chi connectivity index (χ0v) is 10.2. The van der Waals surface area contributed by atoms with Crippen LogP contribution >= 0.6 is 0 Å². The molecule has 0 saturated heterocycles. The molecule has 1 rings (SSSR count). The van der Waals surface area contributed by atoms with Gasteiger partial charge in [-0.05, 0) is 31.4 Å². The van der Waals surface area contributed by atoms with Gasteiger partial charge < -0.3 is 0 Å². The van der Waals surface area contributed by atoms with Crippen LogP contribution in [0.2, 0.25) is 0 Å². The Balaban J connectivity index is 3.40. The summed E-state index contributed by atoms with van der Waals surface area (Å²) in [5.74, 6) is 0.498. The lowest BCUT2D eigenvalue weighted by molar-refractivity contribution is 0.0986. The predicted molar refractivity (Wildman–Crippen MR) is 62.4 cm³/mol. The molecule has 0 aromatic carbocycles. The molecule has 2 nitrogen and oxygen atoms in total. The molecule has 0 unspecified atom stereocenters. The number of carbonyl (C=O) groups excluding carboxylic acids is 1. The molecule has 82 valence electrons. The summed E-state index contributed by atoms with van der Waals surface area (Å²) in [4.78, 5) is 16.3. The summed E-state index contributed by atoms with van der Waals surface area (Å²) in [5.41, 5.74) is 3.82. The van der Waals surface area contributed by atoms with E-state index in [0.717, 1.165) is 22.5 Å². The molecule has 2 heteroatoms. The van der Waals surface area contributed by atoms with Gasteiger partial charge in [-0.15, -0.1) is 0 Å². The monoisotopic (exact) mass is 205 g/mol. The standard InChI is InChI=1S/C13H19NO/c1-6-11(15)12-9(4)7-10(5)14-13(12)8(2)3/h7-8H,6H2,1-5H3. The number of nitrogens with zero attached hydrogens (tertiary/aromatic N) is 1. The third-order valence-electron chi connectivity index (χ3n) is 2.52. The van der Waals surface area contributed by atoms with Crippen LogP contribution in [0.1, 0.15) is 60.4 Å². The zero-order chi connectivity index (χ0) is 11.6. The third-order valence-corrected chi connectivity index (χ3v) is 2.52. The minimum atomic E-state index is 0.198. The summed E-state index contributed by atoms with van der Waals surface area (Å²) in [5, 5.41) is 0. The molecular formula is C13H19NO. The third kappa shape index (κ3) is 2.44. The number of pyridine rings is 1. The van der Waals surface area contributed by atoms with Crippen LogP contribution < -0.4 is 0 Å². The number of hydrogen-bond acceptors (Lipinski definition) is 2. The van der Waals surface area contributed by atoms with Crippen molar-refractivity contribution in [3.63, 3.8) is 0 Å². The van der Waals surface area contributed by atoms with Crippen LogP contribution in [0.4, 0.5) is 0 Å². The Hall–Kier alpha value is -1.18. The molecule has 0 N–H and O–H groups in total. The number of hydrogen-bond donors (Lipinski definition) is 0. The first-order valence-electron chi connectivity index (χ1n) is 5.48. The van der Waals surface area contributed by atoms with Gasteiger partial charge in [-0.3, -0.25) is 9.78 Å². The molecule has 0 spiro atoms. The van der Waals surface area contributed by atoms with Crippen LogP contribution in [0.25, 0.3) is 0 Å². The van der Waals surface area contributed by atoms with Gasteiger partial charge in [-0.25, -0.2) is 0 Å². The Morgan fingerprint density at radius 3 is 2.47 bits per heavy atom. The molecule has 0 saturated carbocycles. The quantitative estimate of drug-likeness (QED) is 0.708. The molecule has 0 aliphatic carbocycles. The van der Waals surface area contributed by atoms with Gasteiger partial charge in [0.1, 0.15) is 0 Å². The van der Waals surface area contributed by atoms with E-state index < -0.39 is 0 Å². The lowest BCUT2D eigenvalue weighted by Gasteiger charge is -2.14. The fourth-order valence-corrected chi connectivity index (χ4v) is 1.82. The van der Waals surface area contributed by atoms with Gasteiger partial charge >= 0.3 is 0 Å². The number of aromatic nitrogens is 1. The first kappa shape index (κ1) is 11.9. The van der Waals surface area contributed by atoms with Crippen molar-refractivity contribution in [3.8, 4) is 0 Å². The highest BCUT2D eigenvalue weighted by Crippen LogP contribution is 2.22. The highest BCUT2D eigenvalue weighted by molar-refractivity contribution is 5.98. The molecule has 1 aromatic rings. The van der Waals surface area contributed by atoms with Crippen LogP contribution in [-0.2, 0) is 0 Å². The molecule has 0 aliphatic heterocycles. The predicted octanol–water partition coefficient (Wildman–Crippen LogP) is 3.41. The van der Waals surface area contributed by atoms with Crippen molar-refractivity contribution in [2.75, 3.05) is 0 Å². The Labute approximate surface area is 91.7 Å². The van der Waals surface area contributed by atoms with E-state index in [-0.39, 0.29) is 5.78 Å². The second kappa shape index (κ2) is 4.56. The van der Waals surface area contributed by atoms with E-state index in [1.54, 1.807) is 0 Å². The number of ketones is 1. The molecule has 0 radical (unpaired) electrons. The summed E-state index contributed by atoms with van der Waals surface area (Å²) in [7, 11) is 0. The minimum absolute atomic E-state index is 0.198. The van der Waals surface area contributed by atoms with Crippen molar-refractivity contribution in [1.82, 2.24) is 4.98 Å². The van der Waals surface area contributed by atoms with E-state index >= 15 is 0 Å². The average molecular weight is 205 g/mol. The number of Topliss-reactive ketones (excluding diaryl/α,β-unsaturated/α-hetero) is 1. The summed E-state index contributed by atoms with van der Waals surface area (Å²) in [6.45, 7) is 10.0. The first-order chi connectivity index (χ1) is 6.97. The molecule has 1 heterocycles. The van der Waals surface area contributed by atoms with Gasteiger partial charge in [-0.1, -0.05) is 20.8 Å². The van der Waals surface area contributed by atoms with Crippen LogP contribution in [0.15, 0.2) is 6.07 Å². The van der Waals surface area contributed by atoms with E-state index in [0.29, 0.717) is 12.3 Å². The van der Waals surface area contributed by atoms with E-state index in [2.05, 4.69) is 18.8 Å². The van der Waals surface area contributed by atoms with Gasteiger partial charge in [0.05, 0.1) is 5.69 Å². The van der Waals surface area contributed by atoms with Crippen molar-refractivity contribution in [2.45, 2.75) is 47.0 Å². The number of aryl methyl sites for hydroxylation is 2. The fourth-order valence-electron chi connectivity index (χ4n) is 1.82. The second-order valence-electron chi connectivity index (χ2n) is 4.27. The second-order valence-corrected chi connectivity index (χ2v) is 4.27. The molecule has 0 aliphatic rings. The molecule has 15 heavy (non-hydrogen) atoms. The summed E-state index contributed by atoms with van der Waals surface area (Å²) >= 11 is 0. The lowest BCUT2D eigenvalue weighted by atomic mass is 9.95. The van der Waals surface area contributed by atoms with Crippen LogP contribution in [0, 0.1) is 13.8 Å². The van der Waals surface area contributed by atoms with Gasteiger partial charge in [-0.2, -0.15) is 0 Å². The highest BCUT2D eigenvalue weighted by Gasteiger charge is 2.16. The van der Waals surface area contributed by atoms with Gasteiger partial charge in [0.15, 0.2) is 5.78 Å². The van der Waals surface area contributed by atoms with Crippen molar-refractivity contribution in [1.29, 1.82) is 0 Å². The molecule has 0 bridgehead atoms. The Morgan fingerprint density at radius 2 is 2.00 bits per heavy atom. The van der Waals surface area contributed by atoms with E-state index in [1.165, 1.54) is 0 Å². The maximum Gasteiger partial charge on any atom is 0.164 e. The Morgan fingerprint density at radius 1 is 1.40 bits per heavy atom. The van der Waals surface area contributed by atoms with Crippen molar-refractivity contribution in [3.05, 3.63) is 28.6 Å². The summed E-state index contributed by atoms with van der Waals surface area (Å²) in [6, 6.07) is 1.98. The van der Waals surface area contributed by atoms with Crippen LogP contribution in [0.3, 0.4) is 0 Å². The molecule has 0 fully saturated rings.